The van der Waals surface area contributed by atoms with Gasteiger partial charge < -0.3 is 10.1 Å². The first-order chi connectivity index (χ1) is 13.2. The Bertz CT molecular complexity index is 1050. The molecule has 0 atom stereocenters. The van der Waals surface area contributed by atoms with Crippen LogP contribution in [0, 0.1) is 0 Å². The van der Waals surface area contributed by atoms with Crippen molar-refractivity contribution in [3.8, 4) is 16.2 Å². The van der Waals surface area contributed by atoms with E-state index in [0.29, 0.717) is 0 Å². The van der Waals surface area contributed by atoms with Crippen LogP contribution in [0.25, 0.3) is 10.4 Å². The van der Waals surface area contributed by atoms with Crippen molar-refractivity contribution in [1.82, 2.24) is 0 Å². The fraction of sp³-hybridized carbons (Fsp3) is 0.261. The number of ether oxygens (including phenoxy) is 1. The van der Waals surface area contributed by atoms with Crippen molar-refractivity contribution >= 4 is 22.9 Å². The molecule has 2 aliphatic carbocycles. The van der Waals surface area contributed by atoms with Crippen molar-refractivity contribution in [2.75, 3.05) is 12.4 Å². The molecule has 0 saturated carbocycles. The molecule has 0 fully saturated rings. The van der Waals surface area contributed by atoms with Gasteiger partial charge in [0.15, 0.2) is 0 Å². The molecule has 2 aromatic carbocycles. The SMILES string of the molecule is COc1ccc2c(c1)CCc1cc(C(=O)Nc3ccc4c(c3)CCC4)sc1-2. The van der Waals surface area contributed by atoms with Crippen molar-refractivity contribution in [1.29, 1.82) is 0 Å². The standard InChI is InChI=1S/C23H21NO2S/c1-26-19-9-10-20-16(12-19)5-6-17-13-21(27-22(17)20)23(25)24-18-8-7-14-3-2-4-15(14)11-18/h7-13H,2-6H2,1H3,(H,24,25). The Hall–Kier alpha value is -2.59. The van der Waals surface area contributed by atoms with E-state index in [1.165, 1.54) is 39.1 Å². The molecule has 27 heavy (non-hydrogen) atoms. The van der Waals surface area contributed by atoms with Crippen LogP contribution in [0.2, 0.25) is 0 Å². The number of hydrogen-bond donors (Lipinski definition) is 1. The summed E-state index contributed by atoms with van der Waals surface area (Å²) < 4.78 is 5.35. The second kappa shape index (κ2) is 6.54. The molecule has 1 amide bonds. The Kier molecular flexibility index (Phi) is 4.01. The number of rotatable bonds is 3. The molecule has 2 aliphatic rings. The third-order valence-corrected chi connectivity index (χ3v) is 6.82. The summed E-state index contributed by atoms with van der Waals surface area (Å²) >= 11 is 1.59. The third-order valence-electron chi connectivity index (χ3n) is 5.61. The number of fused-ring (bicyclic) bond motifs is 4. The first kappa shape index (κ1) is 16.6. The molecule has 1 heterocycles. The lowest BCUT2D eigenvalue weighted by molar-refractivity contribution is 0.103. The van der Waals surface area contributed by atoms with Crippen molar-refractivity contribution in [3.05, 3.63) is 69.6 Å². The Morgan fingerprint density at radius 1 is 0.926 bits per heavy atom. The highest BCUT2D eigenvalue weighted by molar-refractivity contribution is 7.17. The van der Waals surface area contributed by atoms with Gasteiger partial charge >= 0.3 is 0 Å². The molecule has 0 unspecified atom stereocenters. The zero-order valence-corrected chi connectivity index (χ0v) is 16.1. The van der Waals surface area contributed by atoms with Crippen molar-refractivity contribution in [2.24, 2.45) is 0 Å². The van der Waals surface area contributed by atoms with Gasteiger partial charge in [0.25, 0.3) is 5.91 Å². The maximum atomic E-state index is 12.8. The topological polar surface area (TPSA) is 38.3 Å². The molecule has 136 valence electrons. The van der Waals surface area contributed by atoms with Gasteiger partial charge in [0, 0.05) is 10.6 Å². The van der Waals surface area contributed by atoms with Crippen LogP contribution in [-0.2, 0) is 25.7 Å². The molecule has 0 saturated heterocycles. The van der Waals surface area contributed by atoms with E-state index in [4.69, 9.17) is 4.74 Å². The Balaban J connectivity index is 1.42. The van der Waals surface area contributed by atoms with Gasteiger partial charge in [0.1, 0.15) is 5.75 Å². The van der Waals surface area contributed by atoms with E-state index >= 15 is 0 Å². The molecule has 0 radical (unpaired) electrons. The maximum Gasteiger partial charge on any atom is 0.265 e. The summed E-state index contributed by atoms with van der Waals surface area (Å²) in [6.45, 7) is 0. The summed E-state index contributed by atoms with van der Waals surface area (Å²) in [5.41, 5.74) is 7.51. The minimum absolute atomic E-state index is 0.0117. The number of hydrogen-bond acceptors (Lipinski definition) is 3. The van der Waals surface area contributed by atoms with E-state index in [0.717, 1.165) is 42.0 Å². The predicted octanol–water partition coefficient (Wildman–Crippen LogP) is 5.26. The van der Waals surface area contributed by atoms with Crippen LogP contribution in [0.4, 0.5) is 5.69 Å². The second-order valence-corrected chi connectivity index (χ2v) is 8.33. The Labute approximate surface area is 163 Å². The summed E-state index contributed by atoms with van der Waals surface area (Å²) in [4.78, 5) is 14.8. The largest absolute Gasteiger partial charge is 0.497 e. The fourth-order valence-electron chi connectivity index (χ4n) is 4.19. The van der Waals surface area contributed by atoms with E-state index < -0.39 is 0 Å². The number of anilines is 1. The molecular formula is C23H21NO2S. The lowest BCUT2D eigenvalue weighted by Gasteiger charge is -2.16. The second-order valence-electron chi connectivity index (χ2n) is 7.28. The number of benzene rings is 2. The van der Waals surface area contributed by atoms with Gasteiger partial charge in [-0.25, -0.2) is 0 Å². The molecule has 5 rings (SSSR count). The number of nitrogens with one attached hydrogen (secondary N) is 1. The van der Waals surface area contributed by atoms with Crippen LogP contribution in [-0.4, -0.2) is 13.0 Å². The lowest BCUT2D eigenvalue weighted by atomic mass is 9.91. The number of thiophene rings is 1. The number of carbonyl (C=O) groups is 1. The molecule has 0 bridgehead atoms. The van der Waals surface area contributed by atoms with E-state index in [1.807, 2.05) is 12.1 Å². The Morgan fingerprint density at radius 3 is 2.67 bits per heavy atom. The molecule has 1 N–H and O–H groups in total. The normalized spacial score (nSPS) is 14.3. The van der Waals surface area contributed by atoms with Crippen LogP contribution in [0.5, 0.6) is 5.75 Å². The van der Waals surface area contributed by atoms with Crippen LogP contribution in [0.15, 0.2) is 42.5 Å². The summed E-state index contributed by atoms with van der Waals surface area (Å²) in [5.74, 6) is 0.880. The summed E-state index contributed by atoms with van der Waals surface area (Å²) in [6.07, 6.45) is 5.45. The average Bonchev–Trinajstić information content (AvgIpc) is 3.33. The van der Waals surface area contributed by atoms with Crippen molar-refractivity contribution in [3.63, 3.8) is 0 Å². The third kappa shape index (κ3) is 2.94. The predicted molar refractivity (Wildman–Crippen MR) is 110 cm³/mol. The van der Waals surface area contributed by atoms with Crippen LogP contribution in [0.3, 0.4) is 0 Å². The van der Waals surface area contributed by atoms with Crippen molar-refractivity contribution < 1.29 is 9.53 Å². The molecule has 0 aliphatic heterocycles. The molecule has 3 nitrogen and oxygen atoms in total. The van der Waals surface area contributed by atoms with E-state index in [2.05, 4.69) is 35.6 Å². The quantitative estimate of drug-likeness (QED) is 0.678. The average molecular weight is 375 g/mol. The monoisotopic (exact) mass is 375 g/mol. The van der Waals surface area contributed by atoms with Crippen LogP contribution in [0.1, 0.15) is 38.3 Å². The van der Waals surface area contributed by atoms with Gasteiger partial charge in [-0.3, -0.25) is 4.79 Å². The fourth-order valence-corrected chi connectivity index (χ4v) is 5.36. The van der Waals surface area contributed by atoms with Gasteiger partial charge in [-0.15, -0.1) is 11.3 Å². The molecule has 4 heteroatoms. The van der Waals surface area contributed by atoms with Crippen LogP contribution >= 0.6 is 11.3 Å². The van der Waals surface area contributed by atoms with Crippen LogP contribution < -0.4 is 10.1 Å². The van der Waals surface area contributed by atoms with E-state index in [-0.39, 0.29) is 5.91 Å². The van der Waals surface area contributed by atoms with E-state index in [9.17, 15) is 4.79 Å². The highest BCUT2D eigenvalue weighted by atomic mass is 32.1. The summed E-state index contributed by atoms with van der Waals surface area (Å²) in [5, 5.41) is 3.09. The zero-order chi connectivity index (χ0) is 18.4. The molecule has 1 aromatic heterocycles. The highest BCUT2D eigenvalue weighted by Crippen LogP contribution is 2.41. The maximum absolute atomic E-state index is 12.8. The molecule has 0 spiro atoms. The molecular weight excluding hydrogens is 354 g/mol. The number of amides is 1. The van der Waals surface area contributed by atoms with Gasteiger partial charge in [-0.05, 0) is 96.3 Å². The van der Waals surface area contributed by atoms with Gasteiger partial charge in [0.05, 0.1) is 12.0 Å². The molecule has 3 aromatic rings. The minimum atomic E-state index is -0.0117. The smallest absolute Gasteiger partial charge is 0.265 e. The summed E-state index contributed by atoms with van der Waals surface area (Å²) in [6, 6.07) is 14.6. The first-order valence-electron chi connectivity index (χ1n) is 9.44. The van der Waals surface area contributed by atoms with E-state index in [1.54, 1.807) is 18.4 Å². The van der Waals surface area contributed by atoms with Crippen molar-refractivity contribution in [2.45, 2.75) is 32.1 Å². The zero-order valence-electron chi connectivity index (χ0n) is 15.3. The van der Waals surface area contributed by atoms with Gasteiger partial charge in [-0.2, -0.15) is 0 Å². The number of carbonyl (C=O) groups excluding carboxylic acids is 1. The lowest BCUT2D eigenvalue weighted by Crippen LogP contribution is -2.10. The van der Waals surface area contributed by atoms with Gasteiger partial charge in [-0.1, -0.05) is 6.07 Å². The first-order valence-corrected chi connectivity index (χ1v) is 10.3. The number of aryl methyl sites for hydroxylation is 4. The van der Waals surface area contributed by atoms with Gasteiger partial charge in [0.2, 0.25) is 0 Å². The number of methoxy groups -OCH3 is 1. The summed E-state index contributed by atoms with van der Waals surface area (Å²) in [7, 11) is 1.70. The highest BCUT2D eigenvalue weighted by Gasteiger charge is 2.22. The Morgan fingerprint density at radius 2 is 1.78 bits per heavy atom. The minimum Gasteiger partial charge on any atom is -0.497 e.